The third kappa shape index (κ3) is 1.82. The van der Waals surface area contributed by atoms with Gasteiger partial charge in [-0.1, -0.05) is 0 Å². The molecule has 0 radical (unpaired) electrons. The Morgan fingerprint density at radius 1 is 1.48 bits per heavy atom. The van der Waals surface area contributed by atoms with Crippen LogP contribution in [-0.4, -0.2) is 49.6 Å². The molecule has 0 saturated carbocycles. The van der Waals surface area contributed by atoms with Gasteiger partial charge in [0.25, 0.3) is 0 Å². The average Bonchev–Trinajstić information content (AvgIpc) is 2.74. The minimum Gasteiger partial charge on any atom is -0.471 e. The van der Waals surface area contributed by atoms with Crippen molar-refractivity contribution in [2.24, 2.45) is 0 Å². The average molecular weight is 290 g/mol. The summed E-state index contributed by atoms with van der Waals surface area (Å²) in [6, 6.07) is 0.136. The van der Waals surface area contributed by atoms with Gasteiger partial charge in [-0.15, -0.1) is 5.10 Å². The number of aromatic amines is 1. The molecule has 1 saturated heterocycles. The molecule has 4 N–H and O–H groups in total. The van der Waals surface area contributed by atoms with E-state index in [4.69, 9.17) is 10.5 Å². The van der Waals surface area contributed by atoms with E-state index in [0.29, 0.717) is 23.9 Å². The van der Waals surface area contributed by atoms with Gasteiger partial charge < -0.3 is 20.5 Å². The van der Waals surface area contributed by atoms with Crippen LogP contribution >= 0.6 is 0 Å². The summed E-state index contributed by atoms with van der Waals surface area (Å²) in [5.41, 5.74) is 5.62. The first-order valence-corrected chi connectivity index (χ1v) is 7.12. The predicted octanol–water partition coefficient (Wildman–Crippen LogP) is 0.436. The first kappa shape index (κ1) is 12.6. The van der Waals surface area contributed by atoms with Crippen molar-refractivity contribution in [3.63, 3.8) is 0 Å². The van der Waals surface area contributed by atoms with Crippen LogP contribution in [0.3, 0.4) is 0 Å². The predicted molar refractivity (Wildman–Crippen MR) is 77.2 cm³/mol. The van der Waals surface area contributed by atoms with E-state index in [1.165, 1.54) is 0 Å². The van der Waals surface area contributed by atoms with Gasteiger partial charge in [0.1, 0.15) is 17.3 Å². The molecule has 2 aliphatic heterocycles. The number of H-pyrrole nitrogens is 1. The molecule has 2 aromatic heterocycles. The van der Waals surface area contributed by atoms with E-state index in [1.54, 1.807) is 0 Å². The number of anilines is 2. The van der Waals surface area contributed by atoms with Crippen LogP contribution in [-0.2, 0) is 0 Å². The van der Waals surface area contributed by atoms with E-state index in [2.05, 4.69) is 25.1 Å². The number of ether oxygens (including phenoxy) is 1. The van der Waals surface area contributed by atoms with Gasteiger partial charge in [0.15, 0.2) is 5.65 Å². The molecule has 0 spiro atoms. The minimum absolute atomic E-state index is 0.0528. The van der Waals surface area contributed by atoms with Gasteiger partial charge in [-0.05, 0) is 26.7 Å². The molecule has 0 aliphatic carbocycles. The number of aromatic nitrogens is 4. The number of hydrogen-bond donors (Lipinski definition) is 3. The van der Waals surface area contributed by atoms with Gasteiger partial charge in [0.2, 0.25) is 11.8 Å². The van der Waals surface area contributed by atoms with Gasteiger partial charge >= 0.3 is 0 Å². The fourth-order valence-electron chi connectivity index (χ4n) is 3.35. The number of piperidine rings is 1. The highest BCUT2D eigenvalue weighted by atomic mass is 16.5. The largest absolute Gasteiger partial charge is 0.471 e. The van der Waals surface area contributed by atoms with E-state index >= 15 is 0 Å². The van der Waals surface area contributed by atoms with Crippen LogP contribution < -0.4 is 15.4 Å². The molecule has 3 atom stereocenters. The van der Waals surface area contributed by atoms with Crippen LogP contribution in [0.5, 0.6) is 5.88 Å². The van der Waals surface area contributed by atoms with Crippen molar-refractivity contribution in [1.82, 2.24) is 20.2 Å². The summed E-state index contributed by atoms with van der Waals surface area (Å²) in [6.45, 7) is 4.35. The summed E-state index contributed by atoms with van der Waals surface area (Å²) < 4.78 is 5.96. The number of nitrogens with one attached hydrogen (secondary N) is 1. The molecule has 8 nitrogen and oxygen atoms in total. The molecule has 2 aliphatic rings. The lowest BCUT2D eigenvalue weighted by molar-refractivity contribution is 0.0242. The Morgan fingerprint density at radius 3 is 3.10 bits per heavy atom. The van der Waals surface area contributed by atoms with Crippen LogP contribution in [0, 0.1) is 0 Å². The normalized spacial score (nSPS) is 31.7. The molecule has 0 amide bonds. The Hall–Kier alpha value is -2.09. The molecular formula is C13H18N6O2. The minimum atomic E-state index is -0.753. The summed E-state index contributed by atoms with van der Waals surface area (Å²) in [5, 5.41) is 18.2. The van der Waals surface area contributed by atoms with Gasteiger partial charge in [-0.2, -0.15) is 9.97 Å². The zero-order valence-electron chi connectivity index (χ0n) is 12.0. The Balaban J connectivity index is 1.95. The fraction of sp³-hybridized carbons (Fsp3) is 0.615. The van der Waals surface area contributed by atoms with Crippen molar-refractivity contribution in [3.8, 4) is 5.88 Å². The fourth-order valence-corrected chi connectivity index (χ4v) is 3.35. The first-order chi connectivity index (χ1) is 9.94. The number of fused-ring (bicyclic) bond motifs is 2. The van der Waals surface area contributed by atoms with Crippen LogP contribution in [0.15, 0.2) is 0 Å². The van der Waals surface area contributed by atoms with Crippen molar-refractivity contribution < 1.29 is 9.84 Å². The number of nitrogens with two attached hydrogens (primary N) is 1. The van der Waals surface area contributed by atoms with E-state index < -0.39 is 5.60 Å². The van der Waals surface area contributed by atoms with Crippen molar-refractivity contribution >= 4 is 22.8 Å². The van der Waals surface area contributed by atoms with Gasteiger partial charge in [-0.3, -0.25) is 5.10 Å². The molecule has 2 aromatic rings. The maximum Gasteiger partial charge on any atom is 0.246 e. The van der Waals surface area contributed by atoms with Gasteiger partial charge in [-0.25, -0.2) is 0 Å². The second-order valence-corrected chi connectivity index (χ2v) is 6.21. The third-order valence-corrected chi connectivity index (χ3v) is 4.39. The second kappa shape index (κ2) is 3.97. The third-order valence-electron chi connectivity index (χ3n) is 4.39. The number of hydrogen-bond acceptors (Lipinski definition) is 7. The Labute approximate surface area is 121 Å². The van der Waals surface area contributed by atoms with Gasteiger partial charge in [0.05, 0.1) is 11.6 Å². The molecule has 21 heavy (non-hydrogen) atoms. The molecule has 4 rings (SSSR count). The Kier molecular flexibility index (Phi) is 2.39. The van der Waals surface area contributed by atoms with Crippen LogP contribution in [0.25, 0.3) is 11.0 Å². The molecular weight excluding hydrogens is 272 g/mol. The molecule has 8 heteroatoms. The summed E-state index contributed by atoms with van der Waals surface area (Å²) in [6.07, 6.45) is 1.51. The highest BCUT2D eigenvalue weighted by molar-refractivity contribution is 5.93. The molecule has 112 valence electrons. The van der Waals surface area contributed by atoms with E-state index in [0.717, 1.165) is 18.2 Å². The summed E-state index contributed by atoms with van der Waals surface area (Å²) in [5.74, 6) is 1.38. The topological polar surface area (TPSA) is 113 Å². The number of rotatable bonds is 0. The van der Waals surface area contributed by atoms with Crippen molar-refractivity contribution in [3.05, 3.63) is 0 Å². The van der Waals surface area contributed by atoms with Gasteiger partial charge in [0, 0.05) is 6.54 Å². The van der Waals surface area contributed by atoms with Crippen LogP contribution in [0.4, 0.5) is 11.8 Å². The maximum atomic E-state index is 10.4. The van der Waals surface area contributed by atoms with Crippen molar-refractivity contribution in [2.45, 2.75) is 44.4 Å². The quantitative estimate of drug-likeness (QED) is 0.645. The molecule has 0 aromatic carbocycles. The van der Waals surface area contributed by atoms with Crippen molar-refractivity contribution in [2.75, 3.05) is 17.2 Å². The lowest BCUT2D eigenvalue weighted by Gasteiger charge is -2.44. The molecule has 4 heterocycles. The van der Waals surface area contributed by atoms with E-state index in [1.807, 2.05) is 13.8 Å². The van der Waals surface area contributed by atoms with Crippen LogP contribution in [0.1, 0.15) is 26.7 Å². The molecule has 3 unspecified atom stereocenters. The second-order valence-electron chi connectivity index (χ2n) is 6.21. The standard InChI is InChI=1S/C13H18N6O2/c1-6-7-3-4-13(2,20)5-19(7)10-8-9(15-12(14)16-10)17-18-11(8)21-6/h6-7,20H,3-5H2,1-2H3,(H3,14,15,16,17,18). The number of nitrogen functional groups attached to an aromatic ring is 1. The maximum absolute atomic E-state index is 10.4. The van der Waals surface area contributed by atoms with Crippen molar-refractivity contribution in [1.29, 1.82) is 0 Å². The summed E-state index contributed by atoms with van der Waals surface area (Å²) in [7, 11) is 0. The zero-order chi connectivity index (χ0) is 14.8. The lowest BCUT2D eigenvalue weighted by Crippen LogP contribution is -2.55. The Morgan fingerprint density at radius 2 is 2.29 bits per heavy atom. The Bertz CT molecular complexity index is 712. The summed E-state index contributed by atoms with van der Waals surface area (Å²) in [4.78, 5) is 10.6. The zero-order valence-corrected chi connectivity index (χ0v) is 12.0. The van der Waals surface area contributed by atoms with E-state index in [9.17, 15) is 5.11 Å². The molecule has 1 fully saturated rings. The number of nitrogens with zero attached hydrogens (tertiary/aromatic N) is 4. The highest BCUT2D eigenvalue weighted by Gasteiger charge is 2.42. The SMILES string of the molecule is CC1Oc2n[nH]c3nc(N)nc(c23)N2CC(C)(O)CCC12. The van der Waals surface area contributed by atoms with E-state index in [-0.39, 0.29) is 18.1 Å². The van der Waals surface area contributed by atoms with Crippen LogP contribution in [0.2, 0.25) is 0 Å². The molecule has 0 bridgehead atoms. The smallest absolute Gasteiger partial charge is 0.246 e. The lowest BCUT2D eigenvalue weighted by atomic mass is 9.88. The number of aliphatic hydroxyl groups is 1. The highest BCUT2D eigenvalue weighted by Crippen LogP contribution is 2.40. The monoisotopic (exact) mass is 290 g/mol. The first-order valence-electron chi connectivity index (χ1n) is 7.12. The summed E-state index contributed by atoms with van der Waals surface area (Å²) >= 11 is 0.